The molecule has 11 heteroatoms. The zero-order chi connectivity index (χ0) is 28.3. The zero-order valence-electron chi connectivity index (χ0n) is 22.5. The summed E-state index contributed by atoms with van der Waals surface area (Å²) in [5.74, 6) is -0.561. The van der Waals surface area contributed by atoms with Crippen molar-refractivity contribution in [3.8, 4) is 28.3 Å². The Labute approximate surface area is 234 Å². The molecule has 0 saturated heterocycles. The van der Waals surface area contributed by atoms with E-state index in [0.717, 1.165) is 49.4 Å². The van der Waals surface area contributed by atoms with E-state index in [-0.39, 0.29) is 22.7 Å². The number of fused-ring (bicyclic) bond motifs is 1. The summed E-state index contributed by atoms with van der Waals surface area (Å²) in [6.07, 6.45) is 9.52. The Bertz CT molecular complexity index is 1850. The second kappa shape index (κ2) is 9.71. The molecular weight excluding hydrogens is 528 g/mol. The molecule has 0 unspecified atom stereocenters. The highest BCUT2D eigenvalue weighted by atomic mass is 19.1. The van der Waals surface area contributed by atoms with Crippen molar-refractivity contribution >= 4 is 5.52 Å². The molecule has 0 spiro atoms. The molecule has 7 rings (SSSR count). The molecule has 2 aliphatic carbocycles. The fourth-order valence-electron chi connectivity index (χ4n) is 5.56. The van der Waals surface area contributed by atoms with Crippen LogP contribution in [0, 0.1) is 11.6 Å². The van der Waals surface area contributed by atoms with E-state index in [4.69, 9.17) is 4.98 Å². The standard InChI is InChI=1S/C30H29F2N7O2/c1-37-17-34-36-28(37)23-11-21(31)12-24(32)27(23)20-9-25(19-4-5-19)35-26(10-20)39-15-22-6-3-18(14-38(22)29(39)40)13-33-16-30(41)7-2-8-30/h3,6,9-12,14-15,17,19,33,41H,2,4-5,7-8,13,16H2,1H3. The number of imidazole rings is 1. The summed E-state index contributed by atoms with van der Waals surface area (Å²) in [4.78, 5) is 18.4. The summed E-state index contributed by atoms with van der Waals surface area (Å²) in [5.41, 5.74) is 2.33. The fraction of sp³-hybridized carbons (Fsp3) is 0.333. The number of benzene rings is 1. The van der Waals surface area contributed by atoms with E-state index >= 15 is 4.39 Å². The van der Waals surface area contributed by atoms with Crippen molar-refractivity contribution in [2.75, 3.05) is 6.54 Å². The first-order chi connectivity index (χ1) is 19.8. The highest BCUT2D eigenvalue weighted by Crippen LogP contribution is 2.42. The first-order valence-corrected chi connectivity index (χ1v) is 13.8. The molecule has 0 amide bonds. The second-order valence-corrected chi connectivity index (χ2v) is 11.3. The molecule has 0 aliphatic heterocycles. The highest BCUT2D eigenvalue weighted by molar-refractivity contribution is 5.82. The number of hydrogen-bond donors (Lipinski definition) is 2. The maximum atomic E-state index is 15.5. The average molecular weight is 558 g/mol. The number of hydrogen-bond acceptors (Lipinski definition) is 6. The maximum absolute atomic E-state index is 15.5. The maximum Gasteiger partial charge on any atom is 0.338 e. The van der Waals surface area contributed by atoms with Gasteiger partial charge in [-0.1, -0.05) is 6.07 Å². The molecular formula is C30H29F2N7O2. The molecule has 1 aromatic carbocycles. The summed E-state index contributed by atoms with van der Waals surface area (Å²) in [7, 11) is 1.71. The van der Waals surface area contributed by atoms with E-state index in [0.29, 0.717) is 35.8 Å². The summed E-state index contributed by atoms with van der Waals surface area (Å²) in [6.45, 7) is 1.03. The van der Waals surface area contributed by atoms with Crippen LogP contribution in [-0.2, 0) is 13.6 Å². The Kier molecular flexibility index (Phi) is 6.09. The Balaban J connectivity index is 1.30. The number of pyridine rings is 2. The van der Waals surface area contributed by atoms with Gasteiger partial charge in [-0.15, -0.1) is 10.2 Å². The highest BCUT2D eigenvalue weighted by Gasteiger charge is 2.33. The van der Waals surface area contributed by atoms with Gasteiger partial charge in [0, 0.05) is 61.3 Å². The van der Waals surface area contributed by atoms with E-state index in [1.807, 2.05) is 18.2 Å². The van der Waals surface area contributed by atoms with Crippen molar-refractivity contribution in [1.82, 2.24) is 34.0 Å². The second-order valence-electron chi connectivity index (χ2n) is 11.3. The van der Waals surface area contributed by atoms with Gasteiger partial charge in [0.2, 0.25) is 0 Å². The van der Waals surface area contributed by atoms with Gasteiger partial charge in [-0.25, -0.2) is 18.6 Å². The molecule has 4 heterocycles. The van der Waals surface area contributed by atoms with Gasteiger partial charge in [0.15, 0.2) is 5.82 Å². The normalized spacial score (nSPS) is 16.3. The first-order valence-electron chi connectivity index (χ1n) is 13.8. The summed E-state index contributed by atoms with van der Waals surface area (Å²) in [5, 5.41) is 21.6. The van der Waals surface area contributed by atoms with Crippen molar-refractivity contribution in [2.24, 2.45) is 7.05 Å². The van der Waals surface area contributed by atoms with Crippen molar-refractivity contribution in [3.05, 3.63) is 88.5 Å². The van der Waals surface area contributed by atoms with Crippen LogP contribution in [0.25, 0.3) is 33.8 Å². The largest absolute Gasteiger partial charge is 0.389 e. The van der Waals surface area contributed by atoms with Gasteiger partial charge in [-0.2, -0.15) is 0 Å². The van der Waals surface area contributed by atoms with Crippen LogP contribution in [-0.4, -0.2) is 46.0 Å². The van der Waals surface area contributed by atoms with Crippen molar-refractivity contribution in [2.45, 2.75) is 50.2 Å². The molecule has 0 radical (unpaired) electrons. The van der Waals surface area contributed by atoms with Crippen LogP contribution in [0.4, 0.5) is 8.78 Å². The van der Waals surface area contributed by atoms with Crippen LogP contribution in [0.15, 0.2) is 59.9 Å². The van der Waals surface area contributed by atoms with Crippen LogP contribution in [0.2, 0.25) is 0 Å². The summed E-state index contributed by atoms with van der Waals surface area (Å²) >= 11 is 0. The molecule has 4 aromatic heterocycles. The molecule has 0 bridgehead atoms. The third-order valence-electron chi connectivity index (χ3n) is 8.15. The minimum absolute atomic E-state index is 0.173. The molecule has 210 valence electrons. The lowest BCUT2D eigenvalue weighted by molar-refractivity contribution is -0.0314. The third-order valence-corrected chi connectivity index (χ3v) is 8.15. The molecule has 2 fully saturated rings. The number of nitrogens with one attached hydrogen (secondary N) is 1. The first kappa shape index (κ1) is 25.7. The van der Waals surface area contributed by atoms with Crippen LogP contribution in [0.3, 0.4) is 0 Å². The number of nitrogens with zero attached hydrogens (tertiary/aromatic N) is 6. The molecule has 0 atom stereocenters. The van der Waals surface area contributed by atoms with E-state index in [2.05, 4.69) is 15.5 Å². The van der Waals surface area contributed by atoms with Crippen molar-refractivity contribution < 1.29 is 13.9 Å². The number of aliphatic hydroxyl groups is 1. The Morgan fingerprint density at radius 1 is 1.12 bits per heavy atom. The van der Waals surface area contributed by atoms with Crippen molar-refractivity contribution in [1.29, 1.82) is 0 Å². The predicted molar refractivity (Wildman–Crippen MR) is 149 cm³/mol. The van der Waals surface area contributed by atoms with Gasteiger partial charge in [-0.3, -0.25) is 8.97 Å². The monoisotopic (exact) mass is 557 g/mol. The van der Waals surface area contributed by atoms with Crippen LogP contribution in [0.5, 0.6) is 0 Å². The van der Waals surface area contributed by atoms with Crippen molar-refractivity contribution in [3.63, 3.8) is 0 Å². The van der Waals surface area contributed by atoms with Gasteiger partial charge in [0.25, 0.3) is 0 Å². The molecule has 41 heavy (non-hydrogen) atoms. The topological polar surface area (TPSA) is 102 Å². The average Bonchev–Trinajstić information content (AvgIpc) is 3.62. The Hall–Kier alpha value is -4.22. The molecule has 9 nitrogen and oxygen atoms in total. The Morgan fingerprint density at radius 3 is 2.66 bits per heavy atom. The minimum atomic E-state index is -0.736. The number of halogens is 2. The number of aromatic nitrogens is 6. The number of aryl methyl sites for hydroxylation is 1. The number of rotatable bonds is 8. The SMILES string of the molecule is Cn1cnnc1-c1cc(F)cc(F)c1-c1cc(C2CC2)nc(-n2cc3ccc(CNCC4(O)CCC4)cn3c2=O)c1. The lowest BCUT2D eigenvalue weighted by atomic mass is 9.80. The van der Waals surface area contributed by atoms with Crippen LogP contribution >= 0.6 is 0 Å². The van der Waals surface area contributed by atoms with E-state index in [1.54, 1.807) is 34.5 Å². The van der Waals surface area contributed by atoms with Crippen LogP contribution < -0.4 is 11.0 Å². The van der Waals surface area contributed by atoms with E-state index in [1.165, 1.54) is 17.0 Å². The van der Waals surface area contributed by atoms with Crippen LogP contribution in [0.1, 0.15) is 49.3 Å². The van der Waals surface area contributed by atoms with Gasteiger partial charge < -0.3 is 15.0 Å². The van der Waals surface area contributed by atoms with Gasteiger partial charge in [0.05, 0.1) is 11.1 Å². The molecule has 2 aliphatic rings. The molecule has 5 aromatic rings. The Morgan fingerprint density at radius 2 is 1.95 bits per heavy atom. The van der Waals surface area contributed by atoms with E-state index < -0.39 is 17.2 Å². The quantitative estimate of drug-likeness (QED) is 0.298. The lowest BCUT2D eigenvalue weighted by Gasteiger charge is -2.36. The van der Waals surface area contributed by atoms with Gasteiger partial charge in [0.1, 0.15) is 23.8 Å². The van der Waals surface area contributed by atoms with Gasteiger partial charge >= 0.3 is 5.69 Å². The smallest absolute Gasteiger partial charge is 0.338 e. The lowest BCUT2D eigenvalue weighted by Crippen LogP contribution is -2.46. The third kappa shape index (κ3) is 4.74. The molecule has 2 saturated carbocycles. The fourth-order valence-corrected chi connectivity index (χ4v) is 5.56. The zero-order valence-corrected chi connectivity index (χ0v) is 22.5. The minimum Gasteiger partial charge on any atom is -0.389 e. The molecule has 2 N–H and O–H groups in total. The van der Waals surface area contributed by atoms with Gasteiger partial charge in [-0.05, 0) is 67.5 Å². The predicted octanol–water partition coefficient (Wildman–Crippen LogP) is 4.11. The summed E-state index contributed by atoms with van der Waals surface area (Å²) in [6, 6.07) is 9.38. The van der Waals surface area contributed by atoms with E-state index in [9.17, 15) is 14.3 Å². The summed E-state index contributed by atoms with van der Waals surface area (Å²) < 4.78 is 34.5.